The van der Waals surface area contributed by atoms with E-state index in [4.69, 9.17) is 11.6 Å². The van der Waals surface area contributed by atoms with Crippen molar-refractivity contribution < 1.29 is 22.4 Å². The molecule has 10 heteroatoms. The Morgan fingerprint density at radius 3 is 2.41 bits per heavy atom. The fraction of sp³-hybridized carbons (Fsp3) is 0.455. The number of para-hydroxylation sites is 1. The van der Waals surface area contributed by atoms with Gasteiger partial charge in [-0.2, -0.15) is 13.2 Å². The Morgan fingerprint density at radius 2 is 1.78 bits per heavy atom. The molecule has 1 aromatic carbocycles. The Morgan fingerprint density at radius 1 is 1.09 bits per heavy atom. The third-order valence-electron chi connectivity index (χ3n) is 6.00. The number of nitrogens with zero attached hydrogens (tertiary/aromatic N) is 3. The Hall–Kier alpha value is -2.55. The molecular weight excluding hydrogens is 448 g/mol. The van der Waals surface area contributed by atoms with Crippen LogP contribution in [0.15, 0.2) is 30.5 Å². The highest BCUT2D eigenvalue weighted by Gasteiger charge is 2.33. The maximum Gasteiger partial charge on any atom is 0.417 e. The predicted molar refractivity (Wildman–Crippen MR) is 116 cm³/mol. The number of anilines is 3. The van der Waals surface area contributed by atoms with Crippen molar-refractivity contribution >= 4 is 34.7 Å². The van der Waals surface area contributed by atoms with Crippen molar-refractivity contribution in [1.29, 1.82) is 0 Å². The van der Waals surface area contributed by atoms with Gasteiger partial charge in [0.15, 0.2) is 0 Å². The summed E-state index contributed by atoms with van der Waals surface area (Å²) in [6, 6.07) is 5.64. The molecule has 5 nitrogen and oxygen atoms in total. The monoisotopic (exact) mass is 470 g/mol. The van der Waals surface area contributed by atoms with Gasteiger partial charge >= 0.3 is 6.18 Å². The molecule has 172 valence electrons. The van der Waals surface area contributed by atoms with E-state index in [-0.39, 0.29) is 28.4 Å². The lowest BCUT2D eigenvalue weighted by molar-refractivity contribution is -0.137. The first-order chi connectivity index (χ1) is 15.2. The number of nitrogens with one attached hydrogen (secondary N) is 1. The van der Waals surface area contributed by atoms with Gasteiger partial charge in [-0.05, 0) is 43.9 Å². The molecule has 2 aliphatic heterocycles. The van der Waals surface area contributed by atoms with Gasteiger partial charge in [-0.15, -0.1) is 0 Å². The smallest absolute Gasteiger partial charge is 0.370 e. The zero-order valence-electron chi connectivity index (χ0n) is 17.3. The van der Waals surface area contributed by atoms with E-state index in [1.807, 2.05) is 6.07 Å². The molecule has 0 unspecified atom stereocenters. The van der Waals surface area contributed by atoms with Gasteiger partial charge in [0.25, 0.3) is 0 Å². The van der Waals surface area contributed by atoms with Gasteiger partial charge in [-0.3, -0.25) is 4.79 Å². The highest BCUT2D eigenvalue weighted by molar-refractivity contribution is 6.33. The molecule has 1 amide bonds. The molecule has 2 aliphatic rings. The number of carbonyl (C=O) groups is 1. The number of hydrogen-bond donors (Lipinski definition) is 1. The summed E-state index contributed by atoms with van der Waals surface area (Å²) in [4.78, 5) is 20.6. The summed E-state index contributed by atoms with van der Waals surface area (Å²) < 4.78 is 53.0. The van der Waals surface area contributed by atoms with Crippen molar-refractivity contribution in [3.05, 3.63) is 46.9 Å². The number of hydrogen-bond acceptors (Lipinski definition) is 4. The van der Waals surface area contributed by atoms with Gasteiger partial charge < -0.3 is 15.1 Å². The van der Waals surface area contributed by atoms with Crippen LogP contribution in [0.3, 0.4) is 0 Å². The van der Waals surface area contributed by atoms with Gasteiger partial charge in [0.1, 0.15) is 17.3 Å². The molecule has 32 heavy (non-hydrogen) atoms. The molecular formula is C22H23ClF4N4O. The third kappa shape index (κ3) is 4.77. The average Bonchev–Trinajstić information content (AvgIpc) is 3.29. The van der Waals surface area contributed by atoms with Crippen LogP contribution in [0.5, 0.6) is 0 Å². The summed E-state index contributed by atoms with van der Waals surface area (Å²) in [5.74, 6) is -0.808. The Balaban J connectivity index is 1.41. The fourth-order valence-electron chi connectivity index (χ4n) is 4.26. The second-order valence-corrected chi connectivity index (χ2v) is 8.51. The summed E-state index contributed by atoms with van der Waals surface area (Å²) in [7, 11) is 0. The number of carbonyl (C=O) groups excluding carboxylic acids is 1. The molecule has 3 heterocycles. The first-order valence-electron chi connectivity index (χ1n) is 10.6. The molecule has 4 rings (SSSR count). The lowest BCUT2D eigenvalue weighted by atomic mass is 9.95. The number of benzene rings is 1. The number of piperidine rings is 1. The molecule has 2 saturated heterocycles. The fourth-order valence-corrected chi connectivity index (χ4v) is 4.54. The number of halogens is 5. The highest BCUT2D eigenvalue weighted by atomic mass is 35.5. The van der Waals surface area contributed by atoms with Crippen LogP contribution in [0.1, 0.15) is 31.2 Å². The molecule has 2 fully saturated rings. The van der Waals surface area contributed by atoms with Gasteiger partial charge in [0, 0.05) is 38.3 Å². The molecule has 0 radical (unpaired) electrons. The van der Waals surface area contributed by atoms with Crippen LogP contribution in [-0.4, -0.2) is 37.1 Å². The number of alkyl halides is 3. The summed E-state index contributed by atoms with van der Waals surface area (Å²) in [6.07, 6.45) is -0.776. The Labute approximate surface area is 188 Å². The SMILES string of the molecule is O=C(Nc1c(F)cccc1N1CCCC1)C1CCN(c2ncc(C(F)(F)F)cc2Cl)CC1. The molecule has 0 aliphatic carbocycles. The van der Waals surface area contributed by atoms with Crippen LogP contribution in [0.25, 0.3) is 0 Å². The van der Waals surface area contributed by atoms with Crippen LogP contribution < -0.4 is 15.1 Å². The van der Waals surface area contributed by atoms with Crippen molar-refractivity contribution in [3.8, 4) is 0 Å². The molecule has 0 saturated carbocycles. The normalized spacial score (nSPS) is 17.7. The van der Waals surface area contributed by atoms with Crippen LogP contribution in [0.2, 0.25) is 5.02 Å². The van der Waals surface area contributed by atoms with E-state index in [9.17, 15) is 22.4 Å². The summed E-state index contributed by atoms with van der Waals surface area (Å²) in [5.41, 5.74) is -0.0116. The predicted octanol–water partition coefficient (Wildman–Crippen LogP) is 5.35. The lowest BCUT2D eigenvalue weighted by Gasteiger charge is -2.33. The minimum Gasteiger partial charge on any atom is -0.370 e. The van der Waals surface area contributed by atoms with Crippen LogP contribution in [0, 0.1) is 11.7 Å². The minimum absolute atomic E-state index is 0.0793. The van der Waals surface area contributed by atoms with Crippen molar-refractivity contribution in [2.45, 2.75) is 31.9 Å². The quantitative estimate of drug-likeness (QED) is 0.612. The highest BCUT2D eigenvalue weighted by Crippen LogP contribution is 2.35. The second-order valence-electron chi connectivity index (χ2n) is 8.11. The standard InChI is InChI=1S/C22H23ClF4N4O/c23-16-12-15(22(25,26)27)13-28-20(16)31-10-6-14(7-11-31)21(32)29-19-17(24)4-3-5-18(19)30-8-1-2-9-30/h3-5,12-14H,1-2,6-11H2,(H,29,32). The maximum absolute atomic E-state index is 14.5. The zero-order valence-corrected chi connectivity index (χ0v) is 18.0. The van der Waals surface area contributed by atoms with E-state index in [1.54, 1.807) is 11.0 Å². The van der Waals surface area contributed by atoms with Crippen LogP contribution in [0.4, 0.5) is 34.8 Å². The largest absolute Gasteiger partial charge is 0.417 e. The molecule has 1 N–H and O–H groups in total. The van der Waals surface area contributed by atoms with Crippen molar-refractivity contribution in [3.63, 3.8) is 0 Å². The average molecular weight is 471 g/mol. The van der Waals surface area contributed by atoms with E-state index in [2.05, 4.69) is 15.2 Å². The first-order valence-corrected chi connectivity index (χ1v) is 10.9. The summed E-state index contributed by atoms with van der Waals surface area (Å²) in [5, 5.41) is 2.70. The molecule has 0 bridgehead atoms. The topological polar surface area (TPSA) is 48.5 Å². The van der Waals surface area contributed by atoms with Gasteiger partial charge in [-0.1, -0.05) is 17.7 Å². The van der Waals surface area contributed by atoms with E-state index in [1.165, 1.54) is 6.07 Å². The number of rotatable bonds is 4. The number of amides is 1. The van der Waals surface area contributed by atoms with Gasteiger partial charge in [0.05, 0.1) is 16.3 Å². The molecule has 2 aromatic rings. The lowest BCUT2D eigenvalue weighted by Crippen LogP contribution is -2.39. The van der Waals surface area contributed by atoms with Crippen molar-refractivity contribution in [1.82, 2.24) is 4.98 Å². The van der Waals surface area contributed by atoms with Gasteiger partial charge in [0.2, 0.25) is 5.91 Å². The van der Waals surface area contributed by atoms with E-state index in [0.717, 1.165) is 38.2 Å². The number of aromatic nitrogens is 1. The maximum atomic E-state index is 14.5. The van der Waals surface area contributed by atoms with Crippen LogP contribution >= 0.6 is 11.6 Å². The molecule has 0 atom stereocenters. The van der Waals surface area contributed by atoms with Crippen molar-refractivity contribution in [2.75, 3.05) is 41.3 Å². The van der Waals surface area contributed by atoms with E-state index < -0.39 is 17.6 Å². The van der Waals surface area contributed by atoms with E-state index in [0.29, 0.717) is 31.6 Å². The minimum atomic E-state index is -4.51. The summed E-state index contributed by atoms with van der Waals surface area (Å²) >= 11 is 6.04. The van der Waals surface area contributed by atoms with Crippen molar-refractivity contribution in [2.24, 2.45) is 5.92 Å². The third-order valence-corrected chi connectivity index (χ3v) is 6.28. The zero-order chi connectivity index (χ0) is 22.9. The second kappa shape index (κ2) is 9.13. The van der Waals surface area contributed by atoms with Gasteiger partial charge in [-0.25, -0.2) is 9.37 Å². The summed E-state index contributed by atoms with van der Waals surface area (Å²) in [6.45, 7) is 2.47. The molecule has 1 aromatic heterocycles. The first kappa shape index (κ1) is 22.6. The number of pyridine rings is 1. The van der Waals surface area contributed by atoms with E-state index >= 15 is 0 Å². The Kier molecular flexibility index (Phi) is 6.46. The molecule has 0 spiro atoms. The Bertz CT molecular complexity index is 986. The van der Waals surface area contributed by atoms with Crippen LogP contribution in [-0.2, 0) is 11.0 Å².